The molecule has 1 amide bonds. The van der Waals surface area contributed by atoms with Gasteiger partial charge in [0.25, 0.3) is 0 Å². The molecule has 152 valence electrons. The third kappa shape index (κ3) is 4.58. The molecule has 0 spiro atoms. The maximum atomic E-state index is 12.9. The third-order valence-corrected chi connectivity index (χ3v) is 5.73. The molecule has 1 N–H and O–H groups in total. The van der Waals surface area contributed by atoms with Crippen LogP contribution >= 0.6 is 0 Å². The summed E-state index contributed by atoms with van der Waals surface area (Å²) in [5.41, 5.74) is -0.280. The zero-order valence-electron chi connectivity index (χ0n) is 15.9. The number of benzene rings is 1. The van der Waals surface area contributed by atoms with Crippen molar-refractivity contribution >= 4 is 11.6 Å². The summed E-state index contributed by atoms with van der Waals surface area (Å²) in [4.78, 5) is 16.5. The van der Waals surface area contributed by atoms with Gasteiger partial charge in [0.1, 0.15) is 6.07 Å². The fourth-order valence-electron chi connectivity index (χ4n) is 3.99. The number of nitriles is 1. The quantitative estimate of drug-likeness (QED) is 0.852. The van der Waals surface area contributed by atoms with Crippen LogP contribution in [-0.2, 0) is 11.0 Å². The lowest BCUT2D eigenvalue weighted by Gasteiger charge is -2.39. The molecule has 0 aromatic heterocycles. The van der Waals surface area contributed by atoms with Gasteiger partial charge in [-0.3, -0.25) is 9.69 Å². The number of rotatable bonds is 4. The van der Waals surface area contributed by atoms with Crippen LogP contribution in [0.1, 0.15) is 43.7 Å². The van der Waals surface area contributed by atoms with E-state index in [4.69, 9.17) is 0 Å². The fraction of sp³-hybridized carbons (Fsp3) is 0.600. The van der Waals surface area contributed by atoms with Gasteiger partial charge in [0.05, 0.1) is 22.9 Å². The van der Waals surface area contributed by atoms with Gasteiger partial charge in [-0.15, -0.1) is 0 Å². The van der Waals surface area contributed by atoms with E-state index in [1.54, 1.807) is 0 Å². The molecule has 1 heterocycles. The van der Waals surface area contributed by atoms with Crippen LogP contribution in [0.4, 0.5) is 18.9 Å². The molecular weight excluding hydrogens is 369 g/mol. The second kappa shape index (κ2) is 8.39. The summed E-state index contributed by atoms with van der Waals surface area (Å²) in [5, 5.41) is 12.4. The Bertz CT molecular complexity index is 745. The zero-order valence-corrected chi connectivity index (χ0v) is 15.9. The SMILES string of the molecule is CC(C(=O)NC1CCCC1)N1CCN(c2ccc(C(F)(F)F)cc2C#N)CC1. The van der Waals surface area contributed by atoms with Gasteiger partial charge >= 0.3 is 6.18 Å². The number of amides is 1. The summed E-state index contributed by atoms with van der Waals surface area (Å²) in [6.07, 6.45) is -0.0716. The minimum Gasteiger partial charge on any atom is -0.368 e. The van der Waals surface area contributed by atoms with E-state index in [0.29, 0.717) is 31.9 Å². The Morgan fingerprint density at radius 3 is 2.43 bits per heavy atom. The van der Waals surface area contributed by atoms with Crippen molar-refractivity contribution in [1.29, 1.82) is 5.26 Å². The molecule has 1 aliphatic heterocycles. The lowest BCUT2D eigenvalue weighted by atomic mass is 10.1. The smallest absolute Gasteiger partial charge is 0.368 e. The molecule has 1 atom stereocenters. The van der Waals surface area contributed by atoms with E-state index in [9.17, 15) is 23.2 Å². The number of piperazine rings is 1. The number of carbonyl (C=O) groups is 1. The van der Waals surface area contributed by atoms with Crippen LogP contribution in [0, 0.1) is 11.3 Å². The van der Waals surface area contributed by atoms with Crippen molar-refractivity contribution in [3.05, 3.63) is 29.3 Å². The molecule has 28 heavy (non-hydrogen) atoms. The van der Waals surface area contributed by atoms with Crippen molar-refractivity contribution in [3.63, 3.8) is 0 Å². The number of hydrogen-bond donors (Lipinski definition) is 1. The second-order valence-corrected chi connectivity index (χ2v) is 7.53. The summed E-state index contributed by atoms with van der Waals surface area (Å²) in [6, 6.07) is 5.20. The highest BCUT2D eigenvalue weighted by atomic mass is 19.4. The van der Waals surface area contributed by atoms with Gasteiger partial charge in [-0.2, -0.15) is 18.4 Å². The van der Waals surface area contributed by atoms with E-state index in [2.05, 4.69) is 10.2 Å². The van der Waals surface area contributed by atoms with Crippen molar-refractivity contribution in [2.24, 2.45) is 0 Å². The fourth-order valence-corrected chi connectivity index (χ4v) is 3.99. The van der Waals surface area contributed by atoms with Gasteiger partial charge in [-0.05, 0) is 38.0 Å². The van der Waals surface area contributed by atoms with Gasteiger partial charge in [0.2, 0.25) is 5.91 Å². The minimum atomic E-state index is -4.47. The van der Waals surface area contributed by atoms with E-state index in [1.165, 1.54) is 6.07 Å². The molecular formula is C20H25F3N4O. The van der Waals surface area contributed by atoms with E-state index in [1.807, 2.05) is 17.9 Å². The highest BCUT2D eigenvalue weighted by Gasteiger charge is 2.32. The first kappa shape index (κ1) is 20.5. The lowest BCUT2D eigenvalue weighted by Crippen LogP contribution is -2.55. The van der Waals surface area contributed by atoms with Crippen LogP contribution < -0.4 is 10.2 Å². The van der Waals surface area contributed by atoms with Crippen LogP contribution in [0.5, 0.6) is 0 Å². The van der Waals surface area contributed by atoms with Gasteiger partial charge < -0.3 is 10.2 Å². The highest BCUT2D eigenvalue weighted by molar-refractivity contribution is 5.81. The van der Waals surface area contributed by atoms with Crippen molar-refractivity contribution in [2.45, 2.75) is 50.9 Å². The van der Waals surface area contributed by atoms with E-state index >= 15 is 0 Å². The van der Waals surface area contributed by atoms with Gasteiger partial charge in [-0.25, -0.2) is 0 Å². The lowest BCUT2D eigenvalue weighted by molar-refractivity contribution is -0.137. The zero-order chi connectivity index (χ0) is 20.3. The number of halogens is 3. The molecule has 1 aromatic carbocycles. The van der Waals surface area contributed by atoms with Crippen LogP contribution in [-0.4, -0.2) is 49.1 Å². The first-order valence-electron chi connectivity index (χ1n) is 9.70. The molecule has 8 heteroatoms. The maximum absolute atomic E-state index is 12.9. The number of nitrogens with zero attached hydrogens (tertiary/aromatic N) is 3. The average molecular weight is 394 g/mol. The van der Waals surface area contributed by atoms with Gasteiger partial charge in [0.15, 0.2) is 0 Å². The largest absolute Gasteiger partial charge is 0.416 e. The molecule has 5 nitrogen and oxygen atoms in total. The molecule has 1 saturated carbocycles. The van der Waals surface area contributed by atoms with Crippen LogP contribution in [0.3, 0.4) is 0 Å². The minimum absolute atomic E-state index is 0.0234. The highest BCUT2D eigenvalue weighted by Crippen LogP contribution is 2.33. The predicted octanol–water partition coefficient (Wildman–Crippen LogP) is 3.15. The van der Waals surface area contributed by atoms with Crippen molar-refractivity contribution in [3.8, 4) is 6.07 Å². The Morgan fingerprint density at radius 1 is 1.21 bits per heavy atom. The standard InChI is InChI=1S/C20H25F3N4O/c1-14(19(28)25-17-4-2-3-5-17)26-8-10-27(11-9-26)18-7-6-16(20(21,22)23)12-15(18)13-24/h6-7,12,14,17H,2-5,8-11H2,1H3,(H,25,28). The number of hydrogen-bond acceptors (Lipinski definition) is 4. The van der Waals surface area contributed by atoms with E-state index in [-0.39, 0.29) is 23.6 Å². The molecule has 1 aliphatic carbocycles. The Labute approximate surface area is 163 Å². The van der Waals surface area contributed by atoms with Crippen LogP contribution in [0.25, 0.3) is 0 Å². The molecule has 0 radical (unpaired) electrons. The van der Waals surface area contributed by atoms with Gasteiger partial charge in [0, 0.05) is 32.2 Å². The third-order valence-electron chi connectivity index (χ3n) is 5.73. The van der Waals surface area contributed by atoms with Gasteiger partial charge in [-0.1, -0.05) is 12.8 Å². The average Bonchev–Trinajstić information content (AvgIpc) is 3.19. The first-order chi connectivity index (χ1) is 13.3. The monoisotopic (exact) mass is 394 g/mol. The van der Waals surface area contributed by atoms with Crippen molar-refractivity contribution in [1.82, 2.24) is 10.2 Å². The Balaban J connectivity index is 1.60. The molecule has 2 aliphatic rings. The maximum Gasteiger partial charge on any atom is 0.416 e. The summed E-state index contributed by atoms with van der Waals surface area (Å²) < 4.78 is 38.6. The topological polar surface area (TPSA) is 59.4 Å². The van der Waals surface area contributed by atoms with Crippen molar-refractivity contribution < 1.29 is 18.0 Å². The normalized spacial score (nSPS) is 20.0. The molecule has 1 unspecified atom stereocenters. The summed E-state index contributed by atoms with van der Waals surface area (Å²) in [6.45, 7) is 4.23. The summed E-state index contributed by atoms with van der Waals surface area (Å²) in [5.74, 6) is 0.0348. The summed E-state index contributed by atoms with van der Waals surface area (Å²) >= 11 is 0. The number of alkyl halides is 3. The summed E-state index contributed by atoms with van der Waals surface area (Å²) in [7, 11) is 0. The number of carbonyl (C=O) groups excluding carboxylic acids is 1. The molecule has 1 aromatic rings. The Kier molecular flexibility index (Phi) is 6.14. The Hall–Kier alpha value is -2.27. The second-order valence-electron chi connectivity index (χ2n) is 7.53. The predicted molar refractivity (Wildman–Crippen MR) is 99.8 cm³/mol. The van der Waals surface area contributed by atoms with Crippen molar-refractivity contribution in [2.75, 3.05) is 31.1 Å². The van der Waals surface area contributed by atoms with Crippen LogP contribution in [0.2, 0.25) is 0 Å². The van der Waals surface area contributed by atoms with E-state index in [0.717, 1.165) is 37.8 Å². The van der Waals surface area contributed by atoms with Crippen LogP contribution in [0.15, 0.2) is 18.2 Å². The first-order valence-corrected chi connectivity index (χ1v) is 9.70. The molecule has 0 bridgehead atoms. The number of nitrogens with one attached hydrogen (secondary N) is 1. The van der Waals surface area contributed by atoms with E-state index < -0.39 is 11.7 Å². The molecule has 1 saturated heterocycles. The molecule has 2 fully saturated rings. The molecule has 3 rings (SSSR count). The Morgan fingerprint density at radius 2 is 1.86 bits per heavy atom. The number of anilines is 1.